The molecule has 3 fully saturated rings. The standard InChI is InChI=1S/C22H35N3O3S/c26-22(25-10-8-19(9-11-25)28-18-5-2-1-3-6-18)23-17-20(21-7-4-16-29-21)24-12-14-27-15-13-24/h4,7,16,18-20H,1-3,5-6,8-15,17H2,(H,23,26). The topological polar surface area (TPSA) is 54.0 Å². The Morgan fingerprint density at radius 2 is 1.83 bits per heavy atom. The van der Waals surface area contributed by atoms with E-state index < -0.39 is 0 Å². The Hall–Kier alpha value is -1.15. The molecule has 1 aromatic rings. The lowest BCUT2D eigenvalue weighted by molar-refractivity contribution is -0.0515. The molecular weight excluding hydrogens is 386 g/mol. The zero-order valence-electron chi connectivity index (χ0n) is 17.4. The minimum atomic E-state index is 0.0657. The fourth-order valence-electron chi connectivity index (χ4n) is 4.74. The van der Waals surface area contributed by atoms with Crippen LogP contribution in [0, 0.1) is 0 Å². The highest BCUT2D eigenvalue weighted by Crippen LogP contribution is 2.26. The average molecular weight is 422 g/mol. The Morgan fingerprint density at radius 3 is 2.52 bits per heavy atom. The minimum Gasteiger partial charge on any atom is -0.379 e. The number of nitrogens with zero attached hydrogens (tertiary/aromatic N) is 2. The van der Waals surface area contributed by atoms with Crippen LogP contribution in [0.3, 0.4) is 0 Å². The summed E-state index contributed by atoms with van der Waals surface area (Å²) >= 11 is 1.76. The molecule has 2 amide bonds. The monoisotopic (exact) mass is 421 g/mol. The van der Waals surface area contributed by atoms with Crippen LogP contribution in [-0.4, -0.2) is 74.0 Å². The van der Waals surface area contributed by atoms with E-state index in [9.17, 15) is 4.79 Å². The first-order chi connectivity index (χ1) is 14.3. The van der Waals surface area contributed by atoms with Crippen molar-refractivity contribution in [3.63, 3.8) is 0 Å². The van der Waals surface area contributed by atoms with Crippen LogP contribution in [0.25, 0.3) is 0 Å². The van der Waals surface area contributed by atoms with Crippen LogP contribution >= 0.6 is 11.3 Å². The van der Waals surface area contributed by atoms with E-state index in [4.69, 9.17) is 9.47 Å². The third kappa shape index (κ3) is 5.94. The van der Waals surface area contributed by atoms with Gasteiger partial charge >= 0.3 is 6.03 Å². The van der Waals surface area contributed by atoms with Crippen molar-refractivity contribution in [2.45, 2.75) is 63.2 Å². The zero-order chi connectivity index (χ0) is 19.9. The highest BCUT2D eigenvalue weighted by molar-refractivity contribution is 7.10. The molecule has 3 aliphatic rings. The molecule has 162 valence electrons. The Kier molecular flexibility index (Phi) is 7.82. The predicted molar refractivity (Wildman–Crippen MR) is 115 cm³/mol. The summed E-state index contributed by atoms with van der Waals surface area (Å²) < 4.78 is 11.8. The molecule has 0 spiro atoms. The van der Waals surface area contributed by atoms with E-state index in [1.165, 1.54) is 37.0 Å². The lowest BCUT2D eigenvalue weighted by atomic mass is 9.97. The second kappa shape index (κ2) is 10.8. The number of hydrogen-bond acceptors (Lipinski definition) is 5. The molecule has 0 radical (unpaired) electrons. The molecule has 2 aliphatic heterocycles. The smallest absolute Gasteiger partial charge is 0.317 e. The second-order valence-corrected chi connectivity index (χ2v) is 9.43. The maximum atomic E-state index is 12.8. The molecule has 3 heterocycles. The van der Waals surface area contributed by atoms with Gasteiger partial charge in [-0.1, -0.05) is 25.3 Å². The van der Waals surface area contributed by atoms with Gasteiger partial charge in [-0.3, -0.25) is 4.90 Å². The third-order valence-corrected chi connectivity index (χ3v) is 7.44. The number of nitrogens with one attached hydrogen (secondary N) is 1. The molecule has 0 bridgehead atoms. The van der Waals surface area contributed by atoms with Gasteiger partial charge in [0.1, 0.15) is 0 Å². The van der Waals surface area contributed by atoms with E-state index in [1.54, 1.807) is 11.3 Å². The van der Waals surface area contributed by atoms with Gasteiger partial charge in [0.25, 0.3) is 0 Å². The number of hydrogen-bond donors (Lipinski definition) is 1. The first-order valence-corrected chi connectivity index (χ1v) is 12.2. The van der Waals surface area contributed by atoms with E-state index in [2.05, 4.69) is 27.7 Å². The molecule has 1 aliphatic carbocycles. The fraction of sp³-hybridized carbons (Fsp3) is 0.773. The van der Waals surface area contributed by atoms with Gasteiger partial charge in [0.05, 0.1) is 31.5 Å². The van der Waals surface area contributed by atoms with Crippen LogP contribution in [0.5, 0.6) is 0 Å². The average Bonchev–Trinajstić information content (AvgIpc) is 3.30. The summed E-state index contributed by atoms with van der Waals surface area (Å²) in [5.41, 5.74) is 0. The summed E-state index contributed by atoms with van der Waals surface area (Å²) in [5, 5.41) is 5.32. The highest BCUT2D eigenvalue weighted by atomic mass is 32.1. The first kappa shape index (κ1) is 21.1. The van der Waals surface area contributed by atoms with Gasteiger partial charge < -0.3 is 19.7 Å². The molecule has 1 aromatic heterocycles. The van der Waals surface area contributed by atoms with E-state index >= 15 is 0 Å². The second-order valence-electron chi connectivity index (χ2n) is 8.45. The van der Waals surface area contributed by atoms with Crippen molar-refractivity contribution in [1.29, 1.82) is 0 Å². The molecule has 0 aromatic carbocycles. The van der Waals surface area contributed by atoms with Crippen LogP contribution in [0.2, 0.25) is 0 Å². The Balaban J connectivity index is 1.23. The Labute approximate surface area is 178 Å². The van der Waals surface area contributed by atoms with Crippen LogP contribution in [0.15, 0.2) is 17.5 Å². The van der Waals surface area contributed by atoms with Crippen molar-refractivity contribution in [2.75, 3.05) is 45.9 Å². The summed E-state index contributed by atoms with van der Waals surface area (Å²) in [4.78, 5) is 18.5. The number of likely N-dealkylation sites (tertiary alicyclic amines) is 1. The number of amides is 2. The normalized spacial score (nSPS) is 23.8. The summed E-state index contributed by atoms with van der Waals surface area (Å²) in [7, 11) is 0. The van der Waals surface area contributed by atoms with Crippen LogP contribution < -0.4 is 5.32 Å². The summed E-state index contributed by atoms with van der Waals surface area (Å²) in [5.74, 6) is 0. The number of thiophene rings is 1. The number of carbonyl (C=O) groups excluding carboxylic acids is 1. The van der Waals surface area contributed by atoms with E-state index in [0.29, 0.717) is 18.8 Å². The van der Waals surface area contributed by atoms with Crippen LogP contribution in [0.1, 0.15) is 55.9 Å². The first-order valence-electron chi connectivity index (χ1n) is 11.3. The number of rotatable bonds is 6. The van der Waals surface area contributed by atoms with Crippen molar-refractivity contribution in [1.82, 2.24) is 15.1 Å². The van der Waals surface area contributed by atoms with Gasteiger partial charge in [-0.2, -0.15) is 0 Å². The molecule has 7 heteroatoms. The maximum absolute atomic E-state index is 12.8. The lowest BCUT2D eigenvalue weighted by Crippen LogP contribution is -2.49. The van der Waals surface area contributed by atoms with Crippen molar-refractivity contribution >= 4 is 17.4 Å². The van der Waals surface area contributed by atoms with Crippen molar-refractivity contribution < 1.29 is 14.3 Å². The largest absolute Gasteiger partial charge is 0.379 e. The van der Waals surface area contributed by atoms with Crippen molar-refractivity contribution in [2.24, 2.45) is 0 Å². The Morgan fingerprint density at radius 1 is 1.10 bits per heavy atom. The summed E-state index contributed by atoms with van der Waals surface area (Å²) in [6.07, 6.45) is 9.10. The number of ether oxygens (including phenoxy) is 2. The lowest BCUT2D eigenvalue weighted by Gasteiger charge is -2.36. The highest BCUT2D eigenvalue weighted by Gasteiger charge is 2.28. The molecule has 29 heavy (non-hydrogen) atoms. The van der Waals surface area contributed by atoms with Gasteiger partial charge in [-0.15, -0.1) is 11.3 Å². The third-order valence-electron chi connectivity index (χ3n) is 6.47. The molecule has 1 unspecified atom stereocenters. The van der Waals surface area contributed by atoms with Crippen molar-refractivity contribution in [3.8, 4) is 0 Å². The molecular formula is C22H35N3O3S. The Bertz CT molecular complexity index is 607. The molecule has 6 nitrogen and oxygen atoms in total. The zero-order valence-corrected chi connectivity index (χ0v) is 18.2. The van der Waals surface area contributed by atoms with Crippen LogP contribution in [0.4, 0.5) is 4.79 Å². The number of urea groups is 1. The number of carbonyl (C=O) groups is 1. The van der Waals surface area contributed by atoms with Crippen molar-refractivity contribution in [3.05, 3.63) is 22.4 Å². The molecule has 4 rings (SSSR count). The molecule has 1 saturated carbocycles. The number of piperidine rings is 1. The van der Waals surface area contributed by atoms with Gasteiger partial charge in [0, 0.05) is 37.6 Å². The fourth-order valence-corrected chi connectivity index (χ4v) is 5.60. The molecule has 1 N–H and O–H groups in total. The van der Waals surface area contributed by atoms with E-state index in [-0.39, 0.29) is 12.1 Å². The van der Waals surface area contributed by atoms with E-state index in [0.717, 1.165) is 52.2 Å². The predicted octanol–water partition coefficient (Wildman–Crippen LogP) is 3.64. The van der Waals surface area contributed by atoms with Gasteiger partial charge in [-0.05, 0) is 37.1 Å². The summed E-state index contributed by atoms with van der Waals surface area (Å²) in [6.45, 7) is 5.62. The minimum absolute atomic E-state index is 0.0657. The maximum Gasteiger partial charge on any atom is 0.317 e. The quantitative estimate of drug-likeness (QED) is 0.762. The van der Waals surface area contributed by atoms with Gasteiger partial charge in [-0.25, -0.2) is 4.79 Å². The van der Waals surface area contributed by atoms with Crippen LogP contribution in [-0.2, 0) is 9.47 Å². The van der Waals surface area contributed by atoms with Gasteiger partial charge in [0.15, 0.2) is 0 Å². The van der Waals surface area contributed by atoms with Gasteiger partial charge in [0.2, 0.25) is 0 Å². The SMILES string of the molecule is O=C(NCC(c1cccs1)N1CCOCC1)N1CCC(OC2CCCCC2)CC1. The molecule has 1 atom stereocenters. The summed E-state index contributed by atoms with van der Waals surface area (Å²) in [6, 6.07) is 4.56. The van der Waals surface area contributed by atoms with E-state index in [1.807, 2.05) is 4.90 Å². The number of morpholine rings is 1. The molecule has 2 saturated heterocycles.